The summed E-state index contributed by atoms with van der Waals surface area (Å²) in [6, 6.07) is 5.18. The minimum absolute atomic E-state index is 0.00541. The fraction of sp³-hybridized carbons (Fsp3) is 0.529. The third kappa shape index (κ3) is 2.86. The normalized spacial score (nSPS) is 20.5. The first-order valence-electron chi connectivity index (χ1n) is 8.53. The molecule has 126 valence electrons. The van der Waals surface area contributed by atoms with Crippen molar-refractivity contribution in [2.75, 3.05) is 6.54 Å². The van der Waals surface area contributed by atoms with Gasteiger partial charge in [0.2, 0.25) is 0 Å². The van der Waals surface area contributed by atoms with Gasteiger partial charge in [-0.3, -0.25) is 14.7 Å². The molecule has 2 aliphatic rings. The van der Waals surface area contributed by atoms with Crippen molar-refractivity contribution in [1.82, 2.24) is 24.9 Å². The lowest BCUT2D eigenvalue weighted by molar-refractivity contribution is 0.0714. The van der Waals surface area contributed by atoms with Crippen molar-refractivity contribution in [3.05, 3.63) is 45.6 Å². The van der Waals surface area contributed by atoms with E-state index in [1.165, 1.54) is 4.68 Å². The van der Waals surface area contributed by atoms with E-state index in [1.54, 1.807) is 12.1 Å². The van der Waals surface area contributed by atoms with Crippen molar-refractivity contribution < 1.29 is 4.79 Å². The topological polar surface area (TPSA) is 83.9 Å². The molecule has 1 N–H and O–H groups in total. The molecule has 2 aromatic rings. The predicted octanol–water partition coefficient (Wildman–Crippen LogP) is 1.46. The molecule has 24 heavy (non-hydrogen) atoms. The number of hydrogen-bond donors (Lipinski definition) is 1. The second-order valence-electron chi connectivity index (χ2n) is 6.78. The molecular weight excluding hydrogens is 306 g/mol. The van der Waals surface area contributed by atoms with E-state index >= 15 is 0 Å². The van der Waals surface area contributed by atoms with Gasteiger partial charge in [-0.15, -0.1) is 0 Å². The largest absolute Gasteiger partial charge is 0.332 e. The second-order valence-corrected chi connectivity index (χ2v) is 6.78. The predicted molar refractivity (Wildman–Crippen MR) is 87.9 cm³/mol. The van der Waals surface area contributed by atoms with Crippen LogP contribution in [0.3, 0.4) is 0 Å². The number of likely N-dealkylation sites (tertiary alicyclic amines) is 1. The van der Waals surface area contributed by atoms with Crippen molar-refractivity contribution in [2.24, 2.45) is 0 Å². The van der Waals surface area contributed by atoms with Crippen LogP contribution in [0.15, 0.2) is 23.0 Å². The molecule has 1 saturated heterocycles. The molecule has 0 radical (unpaired) electrons. The molecule has 7 nitrogen and oxygen atoms in total. The number of aryl methyl sites for hydroxylation is 1. The van der Waals surface area contributed by atoms with Crippen LogP contribution >= 0.6 is 0 Å². The second kappa shape index (κ2) is 5.89. The van der Waals surface area contributed by atoms with Crippen LogP contribution in [-0.2, 0) is 6.54 Å². The zero-order valence-electron chi connectivity index (χ0n) is 13.7. The van der Waals surface area contributed by atoms with Gasteiger partial charge in [0.25, 0.3) is 11.5 Å². The van der Waals surface area contributed by atoms with E-state index in [-0.39, 0.29) is 17.5 Å². The zero-order chi connectivity index (χ0) is 16.7. The van der Waals surface area contributed by atoms with Gasteiger partial charge in [-0.05, 0) is 44.7 Å². The molecular formula is C17H21N5O2. The van der Waals surface area contributed by atoms with E-state index in [9.17, 15) is 9.59 Å². The van der Waals surface area contributed by atoms with Crippen LogP contribution in [0.1, 0.15) is 53.5 Å². The lowest BCUT2D eigenvalue weighted by Crippen LogP contribution is -2.40. The van der Waals surface area contributed by atoms with Gasteiger partial charge < -0.3 is 4.90 Å². The van der Waals surface area contributed by atoms with E-state index in [2.05, 4.69) is 15.3 Å². The number of aromatic nitrogens is 4. The molecule has 1 atom stereocenters. The first-order chi connectivity index (χ1) is 11.6. The molecule has 7 heteroatoms. The van der Waals surface area contributed by atoms with Crippen LogP contribution < -0.4 is 5.56 Å². The fourth-order valence-corrected chi connectivity index (χ4v) is 3.36. The lowest BCUT2D eigenvalue weighted by Gasteiger charge is -2.24. The molecule has 0 aromatic carbocycles. The number of carbonyl (C=O) groups excluding carboxylic acids is 1. The molecule has 1 aliphatic carbocycles. The summed E-state index contributed by atoms with van der Waals surface area (Å²) >= 11 is 0. The summed E-state index contributed by atoms with van der Waals surface area (Å²) in [5, 5.41) is 11.4. The Morgan fingerprint density at radius 3 is 2.88 bits per heavy atom. The molecule has 2 fully saturated rings. The number of H-pyrrole nitrogens is 1. The summed E-state index contributed by atoms with van der Waals surface area (Å²) in [6.45, 7) is 3.03. The SMILES string of the molecule is Cc1cc(C(=O)N2CCCC2Cn2nc(C3CC3)ccc2=O)n[nH]1. The Bertz CT molecular complexity index is 820. The van der Waals surface area contributed by atoms with E-state index in [4.69, 9.17) is 0 Å². The van der Waals surface area contributed by atoms with Crippen molar-refractivity contribution >= 4 is 5.91 Å². The smallest absolute Gasteiger partial charge is 0.274 e. The highest BCUT2D eigenvalue weighted by atomic mass is 16.2. The van der Waals surface area contributed by atoms with Gasteiger partial charge in [-0.1, -0.05) is 0 Å². The summed E-state index contributed by atoms with van der Waals surface area (Å²) in [5.74, 6) is 0.429. The molecule has 2 aromatic heterocycles. The standard InChI is InChI=1S/C17H21N5O2/c1-11-9-15(19-18-11)17(24)21-8-2-3-13(21)10-22-16(23)7-6-14(20-22)12-4-5-12/h6-7,9,12-13H,2-5,8,10H2,1H3,(H,18,19). The first kappa shape index (κ1) is 15.1. The maximum absolute atomic E-state index is 12.7. The maximum atomic E-state index is 12.7. The lowest BCUT2D eigenvalue weighted by atomic mass is 10.2. The highest BCUT2D eigenvalue weighted by Crippen LogP contribution is 2.38. The molecule has 0 bridgehead atoms. The number of rotatable bonds is 4. The van der Waals surface area contributed by atoms with Crippen LogP contribution in [-0.4, -0.2) is 43.4 Å². The number of carbonyl (C=O) groups is 1. The Hall–Kier alpha value is -2.44. The van der Waals surface area contributed by atoms with Crippen LogP contribution in [0.2, 0.25) is 0 Å². The van der Waals surface area contributed by atoms with Gasteiger partial charge in [-0.2, -0.15) is 10.2 Å². The van der Waals surface area contributed by atoms with Crippen molar-refractivity contribution in [2.45, 2.75) is 51.1 Å². The zero-order valence-corrected chi connectivity index (χ0v) is 13.7. The van der Waals surface area contributed by atoms with Gasteiger partial charge >= 0.3 is 0 Å². The number of nitrogens with zero attached hydrogens (tertiary/aromatic N) is 4. The third-order valence-electron chi connectivity index (χ3n) is 4.83. The molecule has 3 heterocycles. The summed E-state index contributed by atoms with van der Waals surface area (Å²) in [7, 11) is 0. The van der Waals surface area contributed by atoms with Crippen LogP contribution in [0.4, 0.5) is 0 Å². The van der Waals surface area contributed by atoms with Crippen LogP contribution in [0, 0.1) is 6.92 Å². The van der Waals surface area contributed by atoms with E-state index in [0.717, 1.165) is 37.1 Å². The summed E-state index contributed by atoms with van der Waals surface area (Å²) in [4.78, 5) is 26.6. The number of amides is 1. The molecule has 4 rings (SSSR count). The van der Waals surface area contributed by atoms with Crippen LogP contribution in [0.25, 0.3) is 0 Å². The van der Waals surface area contributed by atoms with Crippen molar-refractivity contribution in [3.63, 3.8) is 0 Å². The van der Waals surface area contributed by atoms with Gasteiger partial charge in [0.15, 0.2) is 0 Å². The minimum Gasteiger partial charge on any atom is -0.332 e. The highest BCUT2D eigenvalue weighted by Gasteiger charge is 2.32. The van der Waals surface area contributed by atoms with Crippen LogP contribution in [0.5, 0.6) is 0 Å². The molecule has 1 saturated carbocycles. The Labute approximate surface area is 139 Å². The van der Waals surface area contributed by atoms with Crippen molar-refractivity contribution in [1.29, 1.82) is 0 Å². The summed E-state index contributed by atoms with van der Waals surface area (Å²) < 4.78 is 1.53. The van der Waals surface area contributed by atoms with Crippen molar-refractivity contribution in [3.8, 4) is 0 Å². The molecule has 1 unspecified atom stereocenters. The van der Waals surface area contributed by atoms with E-state index in [1.807, 2.05) is 17.9 Å². The summed E-state index contributed by atoms with van der Waals surface area (Å²) in [5.41, 5.74) is 2.19. The highest BCUT2D eigenvalue weighted by molar-refractivity contribution is 5.92. The Balaban J connectivity index is 1.54. The number of aromatic amines is 1. The maximum Gasteiger partial charge on any atom is 0.274 e. The third-order valence-corrected chi connectivity index (χ3v) is 4.83. The monoisotopic (exact) mass is 327 g/mol. The Morgan fingerprint density at radius 2 is 2.17 bits per heavy atom. The number of hydrogen-bond acceptors (Lipinski definition) is 4. The Morgan fingerprint density at radius 1 is 1.33 bits per heavy atom. The Kier molecular flexibility index (Phi) is 3.70. The van der Waals surface area contributed by atoms with Gasteiger partial charge in [0.05, 0.1) is 18.3 Å². The molecule has 1 amide bonds. The molecule has 1 aliphatic heterocycles. The van der Waals surface area contributed by atoms with Gasteiger partial charge in [0.1, 0.15) is 5.69 Å². The minimum atomic E-state index is -0.102. The average molecular weight is 327 g/mol. The first-order valence-corrected chi connectivity index (χ1v) is 8.53. The van der Waals surface area contributed by atoms with E-state index in [0.29, 0.717) is 24.7 Å². The number of nitrogens with one attached hydrogen (secondary N) is 1. The van der Waals surface area contributed by atoms with Gasteiger partial charge in [0, 0.05) is 24.2 Å². The fourth-order valence-electron chi connectivity index (χ4n) is 3.36. The summed E-state index contributed by atoms with van der Waals surface area (Å²) in [6.07, 6.45) is 4.13. The average Bonchev–Trinajstić information content (AvgIpc) is 3.17. The van der Waals surface area contributed by atoms with E-state index < -0.39 is 0 Å². The van der Waals surface area contributed by atoms with Gasteiger partial charge in [-0.25, -0.2) is 4.68 Å². The molecule has 0 spiro atoms. The quantitative estimate of drug-likeness (QED) is 0.921.